The molecule has 182 valence electrons. The molecule has 0 aromatic carbocycles. The molecule has 0 radical (unpaired) electrons. The van der Waals surface area contributed by atoms with Crippen LogP contribution in [0.3, 0.4) is 0 Å². The third kappa shape index (κ3) is 4.04. The Morgan fingerprint density at radius 2 is 1.92 bits per heavy atom. The molecule has 1 N–H and O–H groups in total. The second-order valence-corrected chi connectivity index (χ2v) is 8.36. The monoisotopic (exact) mass is 485 g/mol. The summed E-state index contributed by atoms with van der Waals surface area (Å²) in [6.45, 7) is 2.61. The summed E-state index contributed by atoms with van der Waals surface area (Å²) < 4.78 is 5.45. The number of Topliss-reactive ketones (excluding diaryl/α,β-unsaturated/α-hetero) is 1. The number of hydrogen-bond acceptors (Lipinski definition) is 8. The number of aromatic nitrogens is 5. The van der Waals surface area contributed by atoms with Crippen molar-refractivity contribution in [2.45, 2.75) is 13.0 Å². The fourth-order valence-corrected chi connectivity index (χ4v) is 4.41. The summed E-state index contributed by atoms with van der Waals surface area (Å²) in [7, 11) is 1.47. The number of H-pyrrole nitrogens is 1. The molecule has 1 saturated heterocycles. The Balaban J connectivity index is 1.39. The van der Waals surface area contributed by atoms with Gasteiger partial charge in [-0.05, 0) is 19.1 Å². The van der Waals surface area contributed by atoms with Crippen LogP contribution in [0.2, 0.25) is 0 Å². The van der Waals surface area contributed by atoms with Gasteiger partial charge in [-0.15, -0.1) is 0 Å². The number of rotatable bonds is 5. The minimum atomic E-state index is -0.674. The molecule has 5 heterocycles. The highest BCUT2D eigenvalue weighted by atomic mass is 16.5. The first-order valence-corrected chi connectivity index (χ1v) is 11.4. The highest BCUT2D eigenvalue weighted by Gasteiger charge is 2.34. The lowest BCUT2D eigenvalue weighted by Gasteiger charge is -2.39. The molecule has 1 aliphatic rings. The number of ketones is 1. The molecule has 0 spiro atoms. The van der Waals surface area contributed by atoms with Crippen LogP contribution >= 0.6 is 0 Å². The number of ether oxygens (including phenoxy) is 1. The van der Waals surface area contributed by atoms with E-state index in [0.29, 0.717) is 40.3 Å². The van der Waals surface area contributed by atoms with Crippen molar-refractivity contribution >= 4 is 28.5 Å². The minimum absolute atomic E-state index is 0.180. The summed E-state index contributed by atoms with van der Waals surface area (Å²) >= 11 is 0. The molecule has 0 unspecified atom stereocenters. The van der Waals surface area contributed by atoms with Crippen molar-refractivity contribution in [1.29, 1.82) is 0 Å². The number of nitrogens with one attached hydrogen (secondary N) is 1. The van der Waals surface area contributed by atoms with Gasteiger partial charge < -0.3 is 19.5 Å². The van der Waals surface area contributed by atoms with Crippen molar-refractivity contribution in [3.63, 3.8) is 0 Å². The third-order valence-corrected chi connectivity index (χ3v) is 6.20. The Kier molecular flexibility index (Phi) is 6.11. The molecule has 1 aliphatic heterocycles. The van der Waals surface area contributed by atoms with Crippen LogP contribution in [0.15, 0.2) is 55.4 Å². The second kappa shape index (κ2) is 9.53. The van der Waals surface area contributed by atoms with E-state index in [4.69, 9.17) is 4.74 Å². The van der Waals surface area contributed by atoms with Gasteiger partial charge >= 0.3 is 0 Å². The zero-order chi connectivity index (χ0) is 25.2. The molecule has 0 aliphatic carbocycles. The van der Waals surface area contributed by atoms with Crippen LogP contribution in [0.5, 0.6) is 5.75 Å². The van der Waals surface area contributed by atoms with Gasteiger partial charge in [-0.25, -0.2) is 4.98 Å². The maximum atomic E-state index is 13.4. The number of pyridine rings is 2. The summed E-state index contributed by atoms with van der Waals surface area (Å²) in [6, 6.07) is 4.87. The first kappa shape index (κ1) is 23.1. The molecule has 11 nitrogen and oxygen atoms in total. The molecule has 1 atom stereocenters. The lowest BCUT2D eigenvalue weighted by atomic mass is 10.1. The first-order chi connectivity index (χ1) is 17.5. The van der Waals surface area contributed by atoms with Gasteiger partial charge in [0.05, 0.1) is 36.0 Å². The summed E-state index contributed by atoms with van der Waals surface area (Å²) in [6.07, 6.45) is 9.21. The van der Waals surface area contributed by atoms with Crippen molar-refractivity contribution in [3.05, 3.63) is 66.6 Å². The Hall–Kier alpha value is -4.67. The van der Waals surface area contributed by atoms with E-state index in [0.717, 1.165) is 0 Å². The zero-order valence-corrected chi connectivity index (χ0v) is 19.7. The number of fused-ring (bicyclic) bond motifs is 1. The molecule has 4 aromatic rings. The van der Waals surface area contributed by atoms with E-state index in [9.17, 15) is 14.4 Å². The SMILES string of the molecule is COc1cnc(-c2cnccn2)c2[nH]cc(C(=O)C(=O)N3CCN(C(=O)c4ccccn4)[C@@H](C)C3)c12. The number of methoxy groups -OCH3 is 1. The maximum absolute atomic E-state index is 13.4. The van der Waals surface area contributed by atoms with Crippen molar-refractivity contribution in [1.82, 2.24) is 34.7 Å². The lowest BCUT2D eigenvalue weighted by molar-refractivity contribution is -0.128. The number of carbonyl (C=O) groups excluding carboxylic acids is 3. The molecule has 36 heavy (non-hydrogen) atoms. The van der Waals surface area contributed by atoms with E-state index in [1.54, 1.807) is 47.9 Å². The summed E-state index contributed by atoms with van der Waals surface area (Å²) in [5.41, 5.74) is 2.04. The van der Waals surface area contributed by atoms with Crippen LogP contribution in [0.4, 0.5) is 0 Å². The second-order valence-electron chi connectivity index (χ2n) is 8.36. The van der Waals surface area contributed by atoms with Crippen molar-refractivity contribution < 1.29 is 19.1 Å². The molecular formula is C25H23N7O4. The van der Waals surface area contributed by atoms with Gasteiger partial charge in [-0.1, -0.05) is 6.07 Å². The Labute approximate surface area is 206 Å². The van der Waals surface area contributed by atoms with Gasteiger partial charge in [0.1, 0.15) is 22.8 Å². The molecule has 0 saturated carbocycles. The molecular weight excluding hydrogens is 462 g/mol. The highest BCUT2D eigenvalue weighted by molar-refractivity contribution is 6.45. The van der Waals surface area contributed by atoms with Crippen molar-refractivity contribution in [2.75, 3.05) is 26.7 Å². The molecule has 0 bridgehead atoms. The highest BCUT2D eigenvalue weighted by Crippen LogP contribution is 2.34. The summed E-state index contributed by atoms with van der Waals surface area (Å²) in [4.78, 5) is 62.6. The van der Waals surface area contributed by atoms with Crippen LogP contribution in [-0.2, 0) is 4.79 Å². The summed E-state index contributed by atoms with van der Waals surface area (Å²) in [5, 5.41) is 0.448. The van der Waals surface area contributed by atoms with Crippen LogP contribution in [0.25, 0.3) is 22.3 Å². The zero-order valence-electron chi connectivity index (χ0n) is 19.7. The van der Waals surface area contributed by atoms with Gasteiger partial charge in [-0.2, -0.15) is 0 Å². The van der Waals surface area contributed by atoms with Gasteiger partial charge in [0, 0.05) is 50.5 Å². The number of hydrogen-bond donors (Lipinski definition) is 1. The van der Waals surface area contributed by atoms with E-state index in [1.165, 1.54) is 24.4 Å². The molecule has 11 heteroatoms. The normalized spacial score (nSPS) is 15.7. The maximum Gasteiger partial charge on any atom is 0.295 e. The number of piperazine rings is 1. The number of amides is 2. The van der Waals surface area contributed by atoms with Gasteiger partial charge in [0.2, 0.25) is 0 Å². The van der Waals surface area contributed by atoms with E-state index >= 15 is 0 Å². The average Bonchev–Trinajstić information content (AvgIpc) is 3.37. The van der Waals surface area contributed by atoms with Crippen molar-refractivity contribution in [2.24, 2.45) is 0 Å². The minimum Gasteiger partial charge on any atom is -0.494 e. The Morgan fingerprint density at radius 1 is 1.06 bits per heavy atom. The Bertz CT molecular complexity index is 1440. The number of carbonyl (C=O) groups is 3. The first-order valence-electron chi connectivity index (χ1n) is 11.4. The quantitative estimate of drug-likeness (QED) is 0.335. The largest absolute Gasteiger partial charge is 0.494 e. The van der Waals surface area contributed by atoms with E-state index < -0.39 is 11.7 Å². The smallest absolute Gasteiger partial charge is 0.295 e. The van der Waals surface area contributed by atoms with E-state index in [1.807, 2.05) is 6.92 Å². The molecule has 2 amide bonds. The van der Waals surface area contributed by atoms with Gasteiger partial charge in [-0.3, -0.25) is 29.3 Å². The standard InChI is InChI=1S/C25H23N7O4/c1-15-14-31(9-10-32(15)24(34)17-5-3-4-6-27-17)25(35)23(33)16-11-29-22-20(16)19(36-2)13-30-21(22)18-12-26-7-8-28-18/h3-8,11-13,15,29H,9-10,14H2,1-2H3/t15-/m0/s1. The Morgan fingerprint density at radius 3 is 2.61 bits per heavy atom. The van der Waals surface area contributed by atoms with Crippen LogP contribution in [-0.4, -0.2) is 85.1 Å². The fourth-order valence-electron chi connectivity index (χ4n) is 4.41. The summed E-state index contributed by atoms with van der Waals surface area (Å²) in [5.74, 6) is -1.17. The van der Waals surface area contributed by atoms with E-state index in [-0.39, 0.29) is 30.6 Å². The number of nitrogens with zero attached hydrogens (tertiary/aromatic N) is 6. The fraction of sp³-hybridized carbons (Fsp3) is 0.240. The third-order valence-electron chi connectivity index (χ3n) is 6.20. The van der Waals surface area contributed by atoms with E-state index in [2.05, 4.69) is 24.9 Å². The van der Waals surface area contributed by atoms with Crippen LogP contribution < -0.4 is 4.74 Å². The molecule has 5 rings (SSSR count). The predicted molar refractivity (Wildman–Crippen MR) is 129 cm³/mol. The lowest BCUT2D eigenvalue weighted by Crippen LogP contribution is -2.56. The topological polar surface area (TPSA) is 134 Å². The van der Waals surface area contributed by atoms with Crippen LogP contribution in [0, 0.1) is 0 Å². The average molecular weight is 486 g/mol. The van der Waals surface area contributed by atoms with Crippen LogP contribution in [0.1, 0.15) is 27.8 Å². The molecule has 4 aromatic heterocycles. The number of aromatic amines is 1. The predicted octanol–water partition coefficient (Wildman–Crippen LogP) is 1.98. The van der Waals surface area contributed by atoms with Gasteiger partial charge in [0.15, 0.2) is 0 Å². The van der Waals surface area contributed by atoms with Gasteiger partial charge in [0.25, 0.3) is 17.6 Å². The van der Waals surface area contributed by atoms with Crippen molar-refractivity contribution in [3.8, 4) is 17.1 Å². The molecule has 1 fully saturated rings.